The highest BCUT2D eigenvalue weighted by atomic mass is 16.5. The predicted octanol–water partition coefficient (Wildman–Crippen LogP) is 2.28. The predicted molar refractivity (Wildman–Crippen MR) is 85.0 cm³/mol. The molecule has 0 aliphatic rings. The molecule has 114 valence electrons. The van der Waals surface area contributed by atoms with Gasteiger partial charge in [-0.3, -0.25) is 0 Å². The van der Waals surface area contributed by atoms with E-state index in [-0.39, 0.29) is 0 Å². The maximum absolute atomic E-state index is 5.85. The minimum atomic E-state index is 0.624. The molecule has 0 aliphatic heterocycles. The maximum atomic E-state index is 5.85. The van der Waals surface area contributed by atoms with Crippen molar-refractivity contribution in [2.24, 2.45) is 0 Å². The lowest BCUT2D eigenvalue weighted by atomic mass is 10.2. The van der Waals surface area contributed by atoms with Crippen LogP contribution in [0, 0.1) is 0 Å². The summed E-state index contributed by atoms with van der Waals surface area (Å²) in [5.41, 5.74) is 12.9. The molecule has 0 bridgehead atoms. The zero-order valence-corrected chi connectivity index (χ0v) is 12.6. The van der Waals surface area contributed by atoms with Crippen molar-refractivity contribution in [1.82, 2.24) is 4.98 Å². The fourth-order valence-electron chi connectivity index (χ4n) is 2.26. The second kappa shape index (κ2) is 7.57. The first-order valence-electron chi connectivity index (χ1n) is 7.54. The van der Waals surface area contributed by atoms with Crippen LogP contribution < -0.4 is 20.8 Å². The van der Waals surface area contributed by atoms with E-state index in [2.05, 4.69) is 22.7 Å². The summed E-state index contributed by atoms with van der Waals surface area (Å²) >= 11 is 0. The molecule has 0 fully saturated rings. The Bertz CT molecular complexity index is 565. The van der Waals surface area contributed by atoms with E-state index < -0.39 is 0 Å². The molecule has 2 aromatic rings. The third-order valence-electron chi connectivity index (χ3n) is 3.46. The Morgan fingerprint density at radius 2 is 2.10 bits per heavy atom. The van der Waals surface area contributed by atoms with Crippen LogP contribution >= 0.6 is 0 Å². The number of rotatable bonds is 8. The van der Waals surface area contributed by atoms with E-state index in [1.165, 1.54) is 18.7 Å². The minimum absolute atomic E-state index is 0.624. The molecule has 0 aliphatic carbocycles. The van der Waals surface area contributed by atoms with Gasteiger partial charge in [0.15, 0.2) is 0 Å². The number of benzene rings is 1. The van der Waals surface area contributed by atoms with E-state index in [0.29, 0.717) is 23.7 Å². The highest BCUT2D eigenvalue weighted by Crippen LogP contribution is 2.23. The first kappa shape index (κ1) is 15.2. The standard InChI is InChI=1S/C16H24N4O/c1-2-3-5-16-19-8-10-20(16)9-4-11-21-15-12-13(17)6-7-14(15)18/h6-8,10,12H,2-5,9,11,17-18H2,1H3/p+1. The van der Waals surface area contributed by atoms with E-state index >= 15 is 0 Å². The highest BCUT2D eigenvalue weighted by molar-refractivity contribution is 5.59. The van der Waals surface area contributed by atoms with Gasteiger partial charge in [0.1, 0.15) is 18.1 Å². The number of unbranched alkanes of at least 4 members (excludes halogenated alkanes) is 1. The van der Waals surface area contributed by atoms with Gasteiger partial charge in [-0.15, -0.1) is 0 Å². The van der Waals surface area contributed by atoms with Gasteiger partial charge in [-0.25, -0.2) is 9.55 Å². The summed E-state index contributed by atoms with van der Waals surface area (Å²) in [4.78, 5) is 3.30. The summed E-state index contributed by atoms with van der Waals surface area (Å²) in [6, 6.07) is 5.32. The van der Waals surface area contributed by atoms with Crippen molar-refractivity contribution in [1.29, 1.82) is 0 Å². The average molecular weight is 289 g/mol. The van der Waals surface area contributed by atoms with Crippen molar-refractivity contribution in [3.63, 3.8) is 0 Å². The molecule has 2 rings (SSSR count). The number of aryl methyl sites for hydroxylation is 2. The molecule has 5 N–H and O–H groups in total. The molecular weight excluding hydrogens is 264 g/mol. The molecule has 0 saturated heterocycles. The normalized spacial score (nSPS) is 10.7. The first-order chi connectivity index (χ1) is 10.2. The van der Waals surface area contributed by atoms with Crippen LogP contribution in [0.25, 0.3) is 0 Å². The second-order valence-electron chi connectivity index (χ2n) is 5.20. The van der Waals surface area contributed by atoms with Gasteiger partial charge >= 0.3 is 0 Å². The third-order valence-corrected chi connectivity index (χ3v) is 3.46. The number of nitrogens with two attached hydrogens (primary N) is 2. The molecule has 0 unspecified atom stereocenters. The van der Waals surface area contributed by atoms with Crippen LogP contribution in [0.5, 0.6) is 5.75 Å². The van der Waals surface area contributed by atoms with Gasteiger partial charge in [0.2, 0.25) is 0 Å². The Kier molecular flexibility index (Phi) is 5.49. The summed E-state index contributed by atoms with van der Waals surface area (Å²) in [5, 5.41) is 0. The van der Waals surface area contributed by atoms with Gasteiger partial charge in [-0.05, 0) is 18.6 Å². The van der Waals surface area contributed by atoms with Gasteiger partial charge in [-0.1, -0.05) is 13.3 Å². The van der Waals surface area contributed by atoms with Crippen LogP contribution in [0.2, 0.25) is 0 Å². The van der Waals surface area contributed by atoms with Crippen LogP contribution in [0.1, 0.15) is 32.0 Å². The van der Waals surface area contributed by atoms with Crippen molar-refractivity contribution in [3.8, 4) is 5.75 Å². The highest BCUT2D eigenvalue weighted by Gasteiger charge is 2.09. The number of nitrogens with zero attached hydrogens (tertiary/aromatic N) is 1. The minimum Gasteiger partial charge on any atom is -0.491 e. The Morgan fingerprint density at radius 1 is 1.24 bits per heavy atom. The number of aromatic nitrogens is 2. The zero-order valence-electron chi connectivity index (χ0n) is 12.6. The SMILES string of the molecule is CCCCc1[nH]cc[n+]1CCCOc1cc(N)ccc1N. The fourth-order valence-corrected chi connectivity index (χ4v) is 2.26. The Hall–Kier alpha value is -2.17. The number of hydrogen-bond acceptors (Lipinski definition) is 3. The Labute approximate surface area is 125 Å². The average Bonchev–Trinajstić information content (AvgIpc) is 2.92. The first-order valence-corrected chi connectivity index (χ1v) is 7.54. The number of nitrogen functional groups attached to an aromatic ring is 2. The molecule has 1 aromatic heterocycles. The Balaban J connectivity index is 1.79. The van der Waals surface area contributed by atoms with Gasteiger partial charge in [0.05, 0.1) is 18.8 Å². The largest absolute Gasteiger partial charge is 0.491 e. The van der Waals surface area contributed by atoms with Crippen molar-refractivity contribution in [2.75, 3.05) is 18.1 Å². The number of anilines is 2. The van der Waals surface area contributed by atoms with Crippen LogP contribution in [0.15, 0.2) is 30.6 Å². The molecule has 0 saturated carbocycles. The monoisotopic (exact) mass is 289 g/mol. The van der Waals surface area contributed by atoms with Crippen molar-refractivity contribution in [2.45, 2.75) is 39.2 Å². The maximum Gasteiger partial charge on any atom is 0.254 e. The summed E-state index contributed by atoms with van der Waals surface area (Å²) in [5.74, 6) is 1.94. The quantitative estimate of drug-likeness (QED) is 0.396. The molecular formula is C16H25N4O+. The summed E-state index contributed by atoms with van der Waals surface area (Å²) < 4.78 is 7.96. The summed E-state index contributed by atoms with van der Waals surface area (Å²) in [6.07, 6.45) is 8.50. The summed E-state index contributed by atoms with van der Waals surface area (Å²) in [6.45, 7) is 3.76. The molecule has 0 spiro atoms. The van der Waals surface area contributed by atoms with E-state index in [0.717, 1.165) is 19.4 Å². The fraction of sp³-hybridized carbons (Fsp3) is 0.438. The van der Waals surface area contributed by atoms with Crippen LogP contribution in [0.3, 0.4) is 0 Å². The van der Waals surface area contributed by atoms with Gasteiger partial charge < -0.3 is 16.2 Å². The van der Waals surface area contributed by atoms with Gasteiger partial charge in [-0.2, -0.15) is 0 Å². The van der Waals surface area contributed by atoms with Crippen LogP contribution in [-0.4, -0.2) is 11.6 Å². The lowest BCUT2D eigenvalue weighted by Gasteiger charge is -2.09. The second-order valence-corrected chi connectivity index (χ2v) is 5.20. The zero-order chi connectivity index (χ0) is 15.1. The number of ether oxygens (including phenoxy) is 1. The molecule has 1 heterocycles. The van der Waals surface area contributed by atoms with E-state index in [1.54, 1.807) is 18.2 Å². The molecule has 0 amide bonds. The number of aromatic amines is 1. The molecule has 0 atom stereocenters. The smallest absolute Gasteiger partial charge is 0.254 e. The lowest BCUT2D eigenvalue weighted by molar-refractivity contribution is -0.703. The van der Waals surface area contributed by atoms with E-state index in [1.807, 2.05) is 6.20 Å². The number of hydrogen-bond donors (Lipinski definition) is 3. The van der Waals surface area contributed by atoms with Crippen molar-refractivity contribution >= 4 is 11.4 Å². The summed E-state index contributed by atoms with van der Waals surface area (Å²) in [7, 11) is 0. The van der Waals surface area contributed by atoms with Crippen molar-refractivity contribution in [3.05, 3.63) is 36.4 Å². The van der Waals surface area contributed by atoms with Gasteiger partial charge in [0, 0.05) is 24.6 Å². The van der Waals surface area contributed by atoms with Gasteiger partial charge in [0.25, 0.3) is 5.82 Å². The van der Waals surface area contributed by atoms with Crippen LogP contribution in [0.4, 0.5) is 11.4 Å². The molecule has 5 heteroatoms. The molecule has 5 nitrogen and oxygen atoms in total. The molecule has 1 aromatic carbocycles. The van der Waals surface area contributed by atoms with Crippen molar-refractivity contribution < 1.29 is 9.30 Å². The third kappa shape index (κ3) is 4.41. The Morgan fingerprint density at radius 3 is 2.90 bits per heavy atom. The molecule has 0 radical (unpaired) electrons. The topological polar surface area (TPSA) is 80.9 Å². The van der Waals surface area contributed by atoms with E-state index in [9.17, 15) is 0 Å². The number of imidazole rings is 1. The van der Waals surface area contributed by atoms with Crippen LogP contribution in [-0.2, 0) is 13.0 Å². The van der Waals surface area contributed by atoms with E-state index in [4.69, 9.17) is 16.2 Å². The lowest BCUT2D eigenvalue weighted by Crippen LogP contribution is -2.36. The molecule has 21 heavy (non-hydrogen) atoms. The number of H-pyrrole nitrogens is 1. The number of nitrogens with one attached hydrogen (secondary N) is 1.